The van der Waals surface area contributed by atoms with E-state index in [9.17, 15) is 4.79 Å². The minimum atomic E-state index is -0.345. The second-order valence-electron chi connectivity index (χ2n) is 3.35. The number of nitrogens with one attached hydrogen (secondary N) is 1. The van der Waals surface area contributed by atoms with Gasteiger partial charge in [-0.05, 0) is 12.5 Å². The van der Waals surface area contributed by atoms with Crippen LogP contribution in [0.25, 0.3) is 5.70 Å². The number of benzene rings is 1. The Hall–Kier alpha value is -2.03. The number of hydrogen-bond acceptors (Lipinski definition) is 3. The quantitative estimate of drug-likeness (QED) is 0.464. The van der Waals surface area contributed by atoms with Crippen LogP contribution < -0.4 is 5.32 Å². The summed E-state index contributed by atoms with van der Waals surface area (Å²) in [6.07, 6.45) is 3.20. The summed E-state index contributed by atoms with van der Waals surface area (Å²) in [5.74, 6) is -0.345. The zero-order valence-corrected chi connectivity index (χ0v) is 9.98. The highest BCUT2D eigenvalue weighted by Gasteiger charge is 2.03. The summed E-state index contributed by atoms with van der Waals surface area (Å²) < 4.78 is 4.89. The molecule has 0 aliphatic carbocycles. The molecule has 1 aromatic carbocycles. The highest BCUT2D eigenvalue weighted by Crippen LogP contribution is 2.10. The summed E-state index contributed by atoms with van der Waals surface area (Å²) in [7, 11) is 0. The number of carbonyl (C=O) groups excluding carboxylic acids is 1. The van der Waals surface area contributed by atoms with Gasteiger partial charge in [-0.25, -0.2) is 4.79 Å². The minimum Gasteiger partial charge on any atom is -0.463 e. The molecule has 0 radical (unpaired) electrons. The Morgan fingerprint density at radius 3 is 2.71 bits per heavy atom. The van der Waals surface area contributed by atoms with Crippen molar-refractivity contribution in [1.82, 2.24) is 5.32 Å². The Bertz CT molecular complexity index is 396. The molecule has 17 heavy (non-hydrogen) atoms. The maximum absolute atomic E-state index is 11.4. The van der Waals surface area contributed by atoms with Crippen molar-refractivity contribution in [2.45, 2.75) is 6.92 Å². The fraction of sp³-hybridized carbons (Fsp3) is 0.214. The van der Waals surface area contributed by atoms with Crippen LogP contribution in [0.5, 0.6) is 0 Å². The average Bonchev–Trinajstić information content (AvgIpc) is 2.36. The Kier molecular flexibility index (Phi) is 5.58. The third kappa shape index (κ3) is 4.55. The van der Waals surface area contributed by atoms with E-state index in [0.717, 1.165) is 11.3 Å². The molecule has 0 aliphatic rings. The topological polar surface area (TPSA) is 38.3 Å². The number of rotatable bonds is 6. The Morgan fingerprint density at radius 1 is 1.41 bits per heavy atom. The number of hydrogen-bond donors (Lipinski definition) is 1. The average molecular weight is 231 g/mol. The molecule has 0 heterocycles. The molecule has 0 saturated carbocycles. The van der Waals surface area contributed by atoms with E-state index in [1.165, 1.54) is 6.08 Å². The van der Waals surface area contributed by atoms with Crippen molar-refractivity contribution in [1.29, 1.82) is 0 Å². The summed E-state index contributed by atoms with van der Waals surface area (Å²) in [6.45, 7) is 6.39. The third-order valence-electron chi connectivity index (χ3n) is 2.07. The van der Waals surface area contributed by atoms with Gasteiger partial charge in [-0.1, -0.05) is 36.4 Å². The van der Waals surface area contributed by atoms with Gasteiger partial charge < -0.3 is 10.1 Å². The predicted octanol–water partition coefficient (Wildman–Crippen LogP) is 2.37. The van der Waals surface area contributed by atoms with Crippen molar-refractivity contribution < 1.29 is 9.53 Å². The van der Waals surface area contributed by atoms with Gasteiger partial charge in [-0.15, -0.1) is 6.58 Å². The zero-order chi connectivity index (χ0) is 12.5. The van der Waals surface area contributed by atoms with Gasteiger partial charge in [0.05, 0.1) is 6.61 Å². The highest BCUT2D eigenvalue weighted by molar-refractivity contribution is 5.90. The molecule has 0 unspecified atom stereocenters. The van der Waals surface area contributed by atoms with Crippen LogP contribution in [0.3, 0.4) is 0 Å². The molecule has 0 aliphatic heterocycles. The molecule has 0 saturated heterocycles. The van der Waals surface area contributed by atoms with Crippen LogP contribution in [-0.4, -0.2) is 19.1 Å². The highest BCUT2D eigenvalue weighted by atomic mass is 16.5. The van der Waals surface area contributed by atoms with Crippen LogP contribution in [0.2, 0.25) is 0 Å². The fourth-order valence-electron chi connectivity index (χ4n) is 1.34. The van der Waals surface area contributed by atoms with Gasteiger partial charge in [0.2, 0.25) is 0 Å². The zero-order valence-electron chi connectivity index (χ0n) is 9.98. The first-order chi connectivity index (χ1) is 8.27. The van der Waals surface area contributed by atoms with Crippen molar-refractivity contribution >= 4 is 11.7 Å². The van der Waals surface area contributed by atoms with E-state index >= 15 is 0 Å². The minimum absolute atomic E-state index is 0.345. The standard InChI is InChI=1S/C14H17NO2/c1-3-10-15-13(11-14(16)17-4-2)12-8-6-5-7-9-12/h3,5-9,11,15H,1,4,10H2,2H3/b13-11-. The summed E-state index contributed by atoms with van der Waals surface area (Å²) in [6, 6.07) is 9.63. The number of esters is 1. The monoisotopic (exact) mass is 231 g/mol. The molecule has 0 bridgehead atoms. The molecule has 1 aromatic rings. The lowest BCUT2D eigenvalue weighted by Gasteiger charge is -2.09. The molecule has 0 fully saturated rings. The van der Waals surface area contributed by atoms with Gasteiger partial charge in [0.15, 0.2) is 0 Å². The first-order valence-corrected chi connectivity index (χ1v) is 5.56. The van der Waals surface area contributed by atoms with E-state index < -0.39 is 0 Å². The molecule has 0 spiro atoms. The van der Waals surface area contributed by atoms with E-state index in [2.05, 4.69) is 11.9 Å². The normalized spacial score (nSPS) is 10.8. The Labute approximate surface area is 102 Å². The first-order valence-electron chi connectivity index (χ1n) is 5.56. The molecular weight excluding hydrogens is 214 g/mol. The van der Waals surface area contributed by atoms with Crippen molar-refractivity contribution in [3.63, 3.8) is 0 Å². The summed E-state index contributed by atoms with van der Waals surface area (Å²) in [5, 5.41) is 3.12. The third-order valence-corrected chi connectivity index (χ3v) is 2.07. The number of carbonyl (C=O) groups is 1. The smallest absolute Gasteiger partial charge is 0.332 e. The lowest BCUT2D eigenvalue weighted by molar-refractivity contribution is -0.137. The second kappa shape index (κ2) is 7.28. The molecule has 1 N–H and O–H groups in total. The van der Waals surface area contributed by atoms with Crippen LogP contribution in [0, 0.1) is 0 Å². The molecule has 90 valence electrons. The van der Waals surface area contributed by atoms with Crippen molar-refractivity contribution in [3.05, 3.63) is 54.6 Å². The maximum atomic E-state index is 11.4. The van der Waals surface area contributed by atoms with E-state index in [4.69, 9.17) is 4.74 Å². The Morgan fingerprint density at radius 2 is 2.12 bits per heavy atom. The van der Waals surface area contributed by atoms with Crippen LogP contribution in [0.4, 0.5) is 0 Å². The molecule has 0 aromatic heterocycles. The number of ether oxygens (including phenoxy) is 1. The van der Waals surface area contributed by atoms with E-state index in [1.54, 1.807) is 13.0 Å². The SMILES string of the molecule is C=CCN/C(=C\C(=O)OCC)c1ccccc1. The molecule has 3 heteroatoms. The predicted molar refractivity (Wildman–Crippen MR) is 69.3 cm³/mol. The lowest BCUT2D eigenvalue weighted by atomic mass is 10.1. The van der Waals surface area contributed by atoms with Crippen LogP contribution in [-0.2, 0) is 9.53 Å². The lowest BCUT2D eigenvalue weighted by Crippen LogP contribution is -2.14. The fourth-order valence-corrected chi connectivity index (χ4v) is 1.34. The van der Waals surface area contributed by atoms with Crippen LogP contribution in [0.15, 0.2) is 49.1 Å². The van der Waals surface area contributed by atoms with Crippen molar-refractivity contribution in [2.24, 2.45) is 0 Å². The Balaban J connectivity index is 2.87. The summed E-state index contributed by atoms with van der Waals surface area (Å²) in [5.41, 5.74) is 1.69. The molecule has 1 rings (SSSR count). The first kappa shape index (κ1) is 13.0. The largest absolute Gasteiger partial charge is 0.463 e. The summed E-state index contributed by atoms with van der Waals surface area (Å²) in [4.78, 5) is 11.4. The van der Waals surface area contributed by atoms with Gasteiger partial charge in [0.25, 0.3) is 0 Å². The second-order valence-corrected chi connectivity index (χ2v) is 3.35. The van der Waals surface area contributed by atoms with E-state index in [1.807, 2.05) is 30.3 Å². The molecular formula is C14H17NO2. The van der Waals surface area contributed by atoms with Crippen LogP contribution >= 0.6 is 0 Å². The van der Waals surface area contributed by atoms with Crippen molar-refractivity contribution in [2.75, 3.05) is 13.2 Å². The molecule has 0 atom stereocenters. The maximum Gasteiger partial charge on any atom is 0.332 e. The van der Waals surface area contributed by atoms with E-state index in [-0.39, 0.29) is 5.97 Å². The van der Waals surface area contributed by atoms with Gasteiger partial charge in [0, 0.05) is 18.3 Å². The van der Waals surface area contributed by atoms with Crippen LogP contribution in [0.1, 0.15) is 12.5 Å². The molecule has 3 nitrogen and oxygen atoms in total. The van der Waals surface area contributed by atoms with Crippen molar-refractivity contribution in [3.8, 4) is 0 Å². The molecule has 0 amide bonds. The van der Waals surface area contributed by atoms with Gasteiger partial charge in [0.1, 0.15) is 0 Å². The van der Waals surface area contributed by atoms with E-state index in [0.29, 0.717) is 13.2 Å². The van der Waals surface area contributed by atoms with Gasteiger partial charge >= 0.3 is 5.97 Å². The summed E-state index contributed by atoms with van der Waals surface area (Å²) >= 11 is 0. The van der Waals surface area contributed by atoms with Gasteiger partial charge in [-0.3, -0.25) is 0 Å². The van der Waals surface area contributed by atoms with Gasteiger partial charge in [-0.2, -0.15) is 0 Å².